The van der Waals surface area contributed by atoms with Gasteiger partial charge in [0.05, 0.1) is 6.61 Å². The zero-order valence-electron chi connectivity index (χ0n) is 15.7. The van der Waals surface area contributed by atoms with E-state index >= 15 is 0 Å². The molecule has 0 aliphatic heterocycles. The number of hydrogen-bond acceptors (Lipinski definition) is 6. The van der Waals surface area contributed by atoms with E-state index < -0.39 is 31.7 Å². The van der Waals surface area contributed by atoms with Crippen molar-refractivity contribution in [2.75, 3.05) is 13.3 Å². The van der Waals surface area contributed by atoms with Gasteiger partial charge < -0.3 is 19.3 Å². The molecule has 0 spiro atoms. The van der Waals surface area contributed by atoms with Gasteiger partial charge in [0.25, 0.3) is 0 Å². The molecule has 8 heteroatoms. The normalized spacial score (nSPS) is 13.5. The van der Waals surface area contributed by atoms with Crippen molar-refractivity contribution in [2.45, 2.75) is 51.9 Å². The molecule has 146 valence electrons. The highest BCUT2D eigenvalue weighted by atomic mass is 31.1. The Bertz CT molecular complexity index is 599. The largest absolute Gasteiger partial charge is 0.459 e. The van der Waals surface area contributed by atoms with Gasteiger partial charge >= 0.3 is 12.1 Å². The SMILES string of the molecule is C[PH](=O)OCCC[C@@H](NC(=O)OC(C)(C)C)C(=O)OCc1ccccc1. The van der Waals surface area contributed by atoms with Crippen LogP contribution in [0.15, 0.2) is 30.3 Å². The average molecular weight is 385 g/mol. The molecule has 7 nitrogen and oxygen atoms in total. The Morgan fingerprint density at radius 3 is 2.42 bits per heavy atom. The summed E-state index contributed by atoms with van der Waals surface area (Å²) in [6, 6.07) is 8.40. The van der Waals surface area contributed by atoms with Crippen LogP contribution in [0.4, 0.5) is 4.79 Å². The van der Waals surface area contributed by atoms with Gasteiger partial charge in [-0.2, -0.15) is 0 Å². The second kappa shape index (κ2) is 11.0. The molecule has 1 N–H and O–H groups in total. The number of esters is 1. The Morgan fingerprint density at radius 2 is 1.85 bits per heavy atom. The van der Waals surface area contributed by atoms with E-state index in [1.165, 1.54) is 6.66 Å². The topological polar surface area (TPSA) is 90.9 Å². The fraction of sp³-hybridized carbons (Fsp3) is 0.556. The number of alkyl carbamates (subject to hydrolysis) is 1. The minimum absolute atomic E-state index is 0.116. The van der Waals surface area contributed by atoms with E-state index in [0.29, 0.717) is 12.8 Å². The molecule has 0 radical (unpaired) electrons. The van der Waals surface area contributed by atoms with Crippen LogP contribution in [-0.4, -0.2) is 37.0 Å². The van der Waals surface area contributed by atoms with E-state index in [-0.39, 0.29) is 13.2 Å². The Hall–Kier alpha value is -1.85. The van der Waals surface area contributed by atoms with Crippen LogP contribution in [0.5, 0.6) is 0 Å². The average Bonchev–Trinajstić information content (AvgIpc) is 2.54. The maximum atomic E-state index is 12.4. The molecule has 0 bridgehead atoms. The van der Waals surface area contributed by atoms with Crippen molar-refractivity contribution in [3.8, 4) is 0 Å². The highest BCUT2D eigenvalue weighted by Gasteiger charge is 2.25. The molecule has 1 aromatic carbocycles. The van der Waals surface area contributed by atoms with Gasteiger partial charge in [0.15, 0.2) is 8.03 Å². The summed E-state index contributed by atoms with van der Waals surface area (Å²) in [6.45, 7) is 7.07. The molecule has 0 fully saturated rings. The molecule has 2 atom stereocenters. The molecule has 0 heterocycles. The van der Waals surface area contributed by atoms with E-state index in [0.717, 1.165) is 5.56 Å². The fourth-order valence-corrected chi connectivity index (χ4v) is 2.46. The molecule has 1 amide bonds. The number of carbonyl (C=O) groups excluding carboxylic acids is 2. The number of ether oxygens (including phenoxy) is 2. The summed E-state index contributed by atoms with van der Waals surface area (Å²) in [7, 11) is -2.02. The van der Waals surface area contributed by atoms with Crippen molar-refractivity contribution in [3.63, 3.8) is 0 Å². The summed E-state index contributed by atoms with van der Waals surface area (Å²) < 4.78 is 26.5. The Morgan fingerprint density at radius 1 is 1.19 bits per heavy atom. The number of rotatable bonds is 9. The zero-order chi connectivity index (χ0) is 19.6. The van der Waals surface area contributed by atoms with Crippen LogP contribution in [0.2, 0.25) is 0 Å². The molecule has 1 rings (SSSR count). The molecule has 1 unspecified atom stereocenters. The van der Waals surface area contributed by atoms with Gasteiger partial charge in [-0.25, -0.2) is 9.59 Å². The van der Waals surface area contributed by atoms with Gasteiger partial charge in [-0.15, -0.1) is 0 Å². The van der Waals surface area contributed by atoms with Gasteiger partial charge in [-0.1, -0.05) is 30.3 Å². The van der Waals surface area contributed by atoms with Crippen LogP contribution in [0.25, 0.3) is 0 Å². The van der Waals surface area contributed by atoms with Crippen LogP contribution in [0.3, 0.4) is 0 Å². The quantitative estimate of drug-likeness (QED) is 0.397. The lowest BCUT2D eigenvalue weighted by Crippen LogP contribution is -2.44. The van der Waals surface area contributed by atoms with E-state index in [9.17, 15) is 14.2 Å². The third-order valence-electron chi connectivity index (χ3n) is 3.14. The molecule has 0 aliphatic carbocycles. The highest BCUT2D eigenvalue weighted by Crippen LogP contribution is 2.16. The first-order valence-corrected chi connectivity index (χ1v) is 10.3. The van der Waals surface area contributed by atoms with Crippen LogP contribution in [0, 0.1) is 0 Å². The third-order valence-corrected chi connectivity index (χ3v) is 3.75. The summed E-state index contributed by atoms with van der Waals surface area (Å²) in [6.07, 6.45) is 0.0526. The third kappa shape index (κ3) is 10.2. The molecule has 0 saturated heterocycles. The van der Waals surface area contributed by atoms with Crippen molar-refractivity contribution in [1.29, 1.82) is 0 Å². The van der Waals surface area contributed by atoms with Crippen molar-refractivity contribution < 1.29 is 28.2 Å². The lowest BCUT2D eigenvalue weighted by atomic mass is 10.1. The van der Waals surface area contributed by atoms with Crippen LogP contribution < -0.4 is 5.32 Å². The van der Waals surface area contributed by atoms with Gasteiger partial charge in [-0.05, 0) is 39.2 Å². The molecular formula is C18H28NO6P. The van der Waals surface area contributed by atoms with E-state index in [1.54, 1.807) is 20.8 Å². The molecule has 1 aromatic rings. The van der Waals surface area contributed by atoms with Crippen LogP contribution in [-0.2, 0) is 30.0 Å². The number of nitrogens with one attached hydrogen (secondary N) is 1. The zero-order valence-corrected chi connectivity index (χ0v) is 16.7. The first kappa shape index (κ1) is 22.2. The Labute approximate surface area is 155 Å². The summed E-state index contributed by atoms with van der Waals surface area (Å²) in [5.74, 6) is -0.552. The predicted molar refractivity (Wildman–Crippen MR) is 99.5 cm³/mol. The van der Waals surface area contributed by atoms with Crippen LogP contribution >= 0.6 is 8.03 Å². The lowest BCUT2D eigenvalue weighted by Gasteiger charge is -2.23. The molecular weight excluding hydrogens is 357 g/mol. The summed E-state index contributed by atoms with van der Waals surface area (Å²) in [5.41, 5.74) is 0.179. The van der Waals surface area contributed by atoms with Crippen LogP contribution in [0.1, 0.15) is 39.2 Å². The van der Waals surface area contributed by atoms with Crippen molar-refractivity contribution in [2.24, 2.45) is 0 Å². The van der Waals surface area contributed by atoms with E-state index in [4.69, 9.17) is 14.0 Å². The minimum atomic E-state index is -2.02. The van der Waals surface area contributed by atoms with Crippen molar-refractivity contribution in [3.05, 3.63) is 35.9 Å². The Kier molecular flexibility index (Phi) is 9.38. The van der Waals surface area contributed by atoms with Crippen molar-refractivity contribution in [1.82, 2.24) is 5.32 Å². The van der Waals surface area contributed by atoms with E-state index in [1.807, 2.05) is 30.3 Å². The van der Waals surface area contributed by atoms with Gasteiger partial charge in [0.2, 0.25) is 0 Å². The second-order valence-corrected chi connectivity index (χ2v) is 8.05. The van der Waals surface area contributed by atoms with Gasteiger partial charge in [-0.3, -0.25) is 4.57 Å². The minimum Gasteiger partial charge on any atom is -0.459 e. The molecule has 26 heavy (non-hydrogen) atoms. The molecule has 0 saturated carbocycles. The first-order valence-electron chi connectivity index (χ1n) is 8.51. The number of carbonyl (C=O) groups is 2. The maximum absolute atomic E-state index is 12.4. The number of amides is 1. The lowest BCUT2D eigenvalue weighted by molar-refractivity contribution is -0.147. The predicted octanol–water partition coefficient (Wildman–Crippen LogP) is 3.52. The van der Waals surface area contributed by atoms with Gasteiger partial charge in [0, 0.05) is 6.66 Å². The monoisotopic (exact) mass is 385 g/mol. The number of benzene rings is 1. The summed E-state index contributed by atoms with van der Waals surface area (Å²) >= 11 is 0. The standard InChI is InChI=1S/C18H28NO6P/c1-18(2,3)25-17(21)19-15(11-8-12-24-26(4)22)16(20)23-13-14-9-6-5-7-10-14/h5-7,9-10,15,26H,8,11-13H2,1-4H3,(H,19,21)/t15-/m1/s1. The maximum Gasteiger partial charge on any atom is 0.408 e. The Balaban J connectivity index is 2.60. The first-order chi connectivity index (χ1) is 12.2. The smallest absolute Gasteiger partial charge is 0.408 e. The van der Waals surface area contributed by atoms with Gasteiger partial charge in [0.1, 0.15) is 18.2 Å². The second-order valence-electron chi connectivity index (χ2n) is 6.77. The molecule has 0 aromatic heterocycles. The fourth-order valence-electron chi connectivity index (χ4n) is 2.03. The highest BCUT2D eigenvalue weighted by molar-refractivity contribution is 7.38. The molecule has 0 aliphatic rings. The van der Waals surface area contributed by atoms with Crippen molar-refractivity contribution >= 4 is 20.1 Å². The summed E-state index contributed by atoms with van der Waals surface area (Å²) in [5, 5.41) is 2.54. The summed E-state index contributed by atoms with van der Waals surface area (Å²) in [4.78, 5) is 24.3. The van der Waals surface area contributed by atoms with E-state index in [2.05, 4.69) is 5.32 Å². The number of hydrogen-bond donors (Lipinski definition) is 1.